The quantitative estimate of drug-likeness (QED) is 0.843. The minimum atomic E-state index is 0.304. The third-order valence-electron chi connectivity index (χ3n) is 4.18. The van der Waals surface area contributed by atoms with Gasteiger partial charge in [-0.25, -0.2) is 0 Å². The molecule has 0 saturated heterocycles. The molecule has 2 saturated carbocycles. The molecule has 2 aliphatic carbocycles. The van der Waals surface area contributed by atoms with Crippen molar-refractivity contribution in [2.24, 2.45) is 11.8 Å². The maximum Gasteiger partial charge on any atom is 0.123 e. The molecule has 2 heteroatoms. The molecular weight excluding hydrogens is 212 g/mol. The van der Waals surface area contributed by atoms with E-state index in [4.69, 9.17) is 4.74 Å². The number of hydrogen-bond acceptors (Lipinski definition) is 2. The summed E-state index contributed by atoms with van der Waals surface area (Å²) in [5.74, 6) is 2.90. The van der Waals surface area contributed by atoms with Crippen LogP contribution < -0.4 is 4.74 Å². The van der Waals surface area contributed by atoms with Crippen LogP contribution in [0.4, 0.5) is 0 Å². The highest BCUT2D eigenvalue weighted by Gasteiger charge is 2.35. The Morgan fingerprint density at radius 1 is 1.06 bits per heavy atom. The fourth-order valence-corrected chi connectivity index (χ4v) is 3.53. The van der Waals surface area contributed by atoms with E-state index in [0.29, 0.717) is 11.9 Å². The van der Waals surface area contributed by atoms with E-state index < -0.39 is 0 Å². The Balaban J connectivity index is 1.70. The van der Waals surface area contributed by atoms with E-state index in [0.717, 1.165) is 23.1 Å². The van der Waals surface area contributed by atoms with Crippen LogP contribution in [0, 0.1) is 18.8 Å². The minimum absolute atomic E-state index is 0.304. The summed E-state index contributed by atoms with van der Waals surface area (Å²) in [5, 5.41) is 9.56. The van der Waals surface area contributed by atoms with Gasteiger partial charge in [-0.2, -0.15) is 0 Å². The van der Waals surface area contributed by atoms with Gasteiger partial charge in [0.2, 0.25) is 0 Å². The van der Waals surface area contributed by atoms with Crippen LogP contribution in [0.25, 0.3) is 0 Å². The first-order valence-electron chi connectivity index (χ1n) is 6.66. The molecule has 1 N–H and O–H groups in total. The molecule has 1 aromatic rings. The van der Waals surface area contributed by atoms with Gasteiger partial charge in [-0.3, -0.25) is 0 Å². The number of aryl methyl sites for hydroxylation is 1. The van der Waals surface area contributed by atoms with Crippen molar-refractivity contribution in [2.45, 2.75) is 45.1 Å². The number of benzene rings is 1. The number of ether oxygens (including phenoxy) is 1. The van der Waals surface area contributed by atoms with Gasteiger partial charge in [0.25, 0.3) is 0 Å². The first-order valence-corrected chi connectivity index (χ1v) is 6.66. The van der Waals surface area contributed by atoms with Crippen molar-refractivity contribution < 1.29 is 9.84 Å². The van der Waals surface area contributed by atoms with E-state index in [1.807, 2.05) is 13.0 Å². The monoisotopic (exact) mass is 232 g/mol. The van der Waals surface area contributed by atoms with Gasteiger partial charge in [0, 0.05) is 6.07 Å². The lowest BCUT2D eigenvalue weighted by Crippen LogP contribution is -2.26. The van der Waals surface area contributed by atoms with Crippen LogP contribution in [0.3, 0.4) is 0 Å². The summed E-state index contributed by atoms with van der Waals surface area (Å²) in [6.45, 7) is 1.98. The Morgan fingerprint density at radius 3 is 2.41 bits per heavy atom. The van der Waals surface area contributed by atoms with Gasteiger partial charge in [-0.1, -0.05) is 12.8 Å². The Kier molecular flexibility index (Phi) is 2.73. The molecule has 0 amide bonds. The smallest absolute Gasteiger partial charge is 0.123 e. The van der Waals surface area contributed by atoms with Crippen molar-refractivity contribution in [1.82, 2.24) is 0 Å². The first-order chi connectivity index (χ1) is 8.19. The number of phenolic OH excluding ortho intramolecular Hbond substituents is 1. The molecule has 1 unspecified atom stereocenters. The lowest BCUT2D eigenvalue weighted by molar-refractivity contribution is 0.118. The first kappa shape index (κ1) is 10.9. The number of fused-ring (bicyclic) bond motifs is 2. The molecule has 0 radical (unpaired) electrons. The Morgan fingerprint density at radius 2 is 1.76 bits per heavy atom. The van der Waals surface area contributed by atoms with E-state index in [9.17, 15) is 5.11 Å². The van der Waals surface area contributed by atoms with E-state index in [-0.39, 0.29) is 0 Å². The van der Waals surface area contributed by atoms with Crippen molar-refractivity contribution in [3.05, 3.63) is 23.8 Å². The highest BCUT2D eigenvalue weighted by atomic mass is 16.5. The molecule has 0 aromatic heterocycles. The lowest BCUT2D eigenvalue weighted by Gasteiger charge is -2.28. The van der Waals surface area contributed by atoms with E-state index in [1.54, 1.807) is 12.1 Å². The van der Waals surface area contributed by atoms with Crippen LogP contribution in [0.1, 0.15) is 37.7 Å². The van der Waals surface area contributed by atoms with Gasteiger partial charge >= 0.3 is 0 Å². The summed E-state index contributed by atoms with van der Waals surface area (Å²) in [7, 11) is 0. The van der Waals surface area contributed by atoms with Crippen molar-refractivity contribution in [3.63, 3.8) is 0 Å². The molecule has 0 spiro atoms. The zero-order valence-corrected chi connectivity index (χ0v) is 10.4. The van der Waals surface area contributed by atoms with E-state index in [2.05, 4.69) is 0 Å². The van der Waals surface area contributed by atoms with Crippen LogP contribution in [-0.4, -0.2) is 11.2 Å². The molecule has 92 valence electrons. The Hall–Kier alpha value is -1.18. The fraction of sp³-hybridized carbons (Fsp3) is 0.600. The average Bonchev–Trinajstić information content (AvgIpc) is 2.56. The number of rotatable bonds is 2. The highest BCUT2D eigenvalue weighted by Crippen LogP contribution is 2.43. The maximum absolute atomic E-state index is 9.56. The minimum Gasteiger partial charge on any atom is -0.508 e. The van der Waals surface area contributed by atoms with Crippen LogP contribution in [0.5, 0.6) is 11.5 Å². The van der Waals surface area contributed by atoms with Crippen molar-refractivity contribution in [3.8, 4) is 11.5 Å². The summed E-state index contributed by atoms with van der Waals surface area (Å²) in [6, 6.07) is 5.50. The average molecular weight is 232 g/mol. The van der Waals surface area contributed by atoms with Gasteiger partial charge in [-0.15, -0.1) is 0 Å². The highest BCUT2D eigenvalue weighted by molar-refractivity contribution is 5.37. The molecule has 3 rings (SSSR count). The van der Waals surface area contributed by atoms with E-state index >= 15 is 0 Å². The maximum atomic E-state index is 9.56. The predicted octanol–water partition coefficient (Wildman–Crippen LogP) is 3.66. The second kappa shape index (κ2) is 4.25. The molecule has 0 heterocycles. The van der Waals surface area contributed by atoms with Crippen molar-refractivity contribution >= 4 is 0 Å². The number of aromatic hydroxyl groups is 1. The molecular formula is C15H20O2. The lowest BCUT2D eigenvalue weighted by atomic mass is 9.87. The summed E-state index contributed by atoms with van der Waals surface area (Å²) < 4.78 is 6.04. The van der Waals surface area contributed by atoms with Gasteiger partial charge in [0.1, 0.15) is 11.5 Å². The van der Waals surface area contributed by atoms with Crippen LogP contribution >= 0.6 is 0 Å². The molecule has 2 nitrogen and oxygen atoms in total. The second-order valence-corrected chi connectivity index (χ2v) is 5.76. The van der Waals surface area contributed by atoms with E-state index in [1.165, 1.54) is 32.1 Å². The predicted molar refractivity (Wildman–Crippen MR) is 67.3 cm³/mol. The summed E-state index contributed by atoms with van der Waals surface area (Å²) in [5.41, 5.74) is 1.05. The van der Waals surface area contributed by atoms with Crippen molar-refractivity contribution in [2.75, 3.05) is 0 Å². The van der Waals surface area contributed by atoms with Gasteiger partial charge in [0.05, 0.1) is 6.10 Å². The standard InChI is InChI=1S/C15H20O2/c1-10-4-13(16)9-14(5-10)17-15-7-11-2-3-12(6-11)8-15/h4-5,9,11-12,15-16H,2-3,6-8H2,1H3/t11-,12+,15?. The third kappa shape index (κ3) is 2.41. The largest absolute Gasteiger partial charge is 0.508 e. The summed E-state index contributed by atoms with van der Waals surface area (Å²) in [6.07, 6.45) is 6.96. The molecule has 0 aliphatic heterocycles. The zero-order valence-electron chi connectivity index (χ0n) is 10.4. The SMILES string of the molecule is Cc1cc(O)cc(OC2C[C@H]3CC[C@@H](C2)C3)c1. The fourth-order valence-electron chi connectivity index (χ4n) is 3.53. The Bertz CT molecular complexity index is 381. The second-order valence-electron chi connectivity index (χ2n) is 5.76. The normalized spacial score (nSPS) is 31.5. The molecule has 2 fully saturated rings. The molecule has 3 atom stereocenters. The van der Waals surface area contributed by atoms with Crippen LogP contribution in [0.2, 0.25) is 0 Å². The molecule has 2 aliphatic rings. The molecule has 2 bridgehead atoms. The molecule has 1 aromatic carbocycles. The zero-order chi connectivity index (χ0) is 11.8. The molecule has 17 heavy (non-hydrogen) atoms. The van der Waals surface area contributed by atoms with Crippen LogP contribution in [-0.2, 0) is 0 Å². The van der Waals surface area contributed by atoms with Crippen molar-refractivity contribution in [1.29, 1.82) is 0 Å². The van der Waals surface area contributed by atoms with Crippen LogP contribution in [0.15, 0.2) is 18.2 Å². The third-order valence-corrected chi connectivity index (χ3v) is 4.18. The van der Waals surface area contributed by atoms with Gasteiger partial charge < -0.3 is 9.84 Å². The summed E-state index contributed by atoms with van der Waals surface area (Å²) >= 11 is 0. The topological polar surface area (TPSA) is 29.5 Å². The number of hydrogen-bond donors (Lipinski definition) is 1. The summed E-state index contributed by atoms with van der Waals surface area (Å²) in [4.78, 5) is 0. The van der Waals surface area contributed by atoms with Gasteiger partial charge in [-0.05, 0) is 55.7 Å². The number of phenols is 1. The van der Waals surface area contributed by atoms with Gasteiger partial charge in [0.15, 0.2) is 0 Å². The Labute approximate surface area is 103 Å².